The number of anilines is 1. The van der Waals surface area contributed by atoms with Crippen molar-refractivity contribution in [2.24, 2.45) is 0 Å². The molecule has 1 aromatic heterocycles. The number of nitrogens with zero attached hydrogens (tertiary/aromatic N) is 1. The Balaban J connectivity index is 1.81. The fraction of sp³-hybridized carbons (Fsp3) is 0.0526. The summed E-state index contributed by atoms with van der Waals surface area (Å²) in [5.41, 5.74) is -1.79. The molecule has 28 heavy (non-hydrogen) atoms. The maximum Gasteiger partial charge on any atom is 0.295 e. The summed E-state index contributed by atoms with van der Waals surface area (Å²) < 4.78 is 54.2. The summed E-state index contributed by atoms with van der Waals surface area (Å²) in [5.74, 6) is -6.35. The van der Waals surface area contributed by atoms with Crippen LogP contribution in [0.4, 0.5) is 23.2 Å². The first-order valence-electron chi connectivity index (χ1n) is 7.91. The van der Waals surface area contributed by atoms with Gasteiger partial charge in [-0.2, -0.15) is 4.73 Å². The van der Waals surface area contributed by atoms with Gasteiger partial charge in [-0.05, 0) is 30.3 Å². The molecule has 1 amide bonds. The standard InChI is InChI=1S/C19H12F4N2O3/c20-13-6-2-1-4-11(13)10-28-25-9-3-5-12(19(25)27)18(26)24-15-8-7-14(21)16(22)17(15)23/h1-9H,10H2,(H,24,26). The molecule has 0 saturated heterocycles. The molecule has 2 aromatic carbocycles. The van der Waals surface area contributed by atoms with Gasteiger partial charge >= 0.3 is 0 Å². The van der Waals surface area contributed by atoms with Crippen LogP contribution in [0.3, 0.4) is 0 Å². The number of carbonyl (C=O) groups is 1. The van der Waals surface area contributed by atoms with E-state index in [9.17, 15) is 27.2 Å². The lowest BCUT2D eigenvalue weighted by Gasteiger charge is -2.11. The van der Waals surface area contributed by atoms with Gasteiger partial charge in [0, 0.05) is 11.8 Å². The van der Waals surface area contributed by atoms with Crippen LogP contribution >= 0.6 is 0 Å². The van der Waals surface area contributed by atoms with Crippen molar-refractivity contribution in [3.8, 4) is 0 Å². The lowest BCUT2D eigenvalue weighted by Crippen LogP contribution is -2.32. The van der Waals surface area contributed by atoms with Gasteiger partial charge in [0.1, 0.15) is 18.0 Å². The van der Waals surface area contributed by atoms with Crippen molar-refractivity contribution in [1.82, 2.24) is 4.73 Å². The molecule has 9 heteroatoms. The van der Waals surface area contributed by atoms with Crippen molar-refractivity contribution in [2.75, 3.05) is 5.32 Å². The third-order valence-corrected chi connectivity index (χ3v) is 3.76. The van der Waals surface area contributed by atoms with E-state index < -0.39 is 46.0 Å². The number of halogens is 4. The number of pyridine rings is 1. The Hall–Kier alpha value is -3.62. The zero-order valence-corrected chi connectivity index (χ0v) is 14.1. The Bertz CT molecular complexity index is 1100. The van der Waals surface area contributed by atoms with Crippen LogP contribution < -0.4 is 15.7 Å². The molecule has 0 aliphatic heterocycles. The SMILES string of the molecule is O=C(Nc1ccc(F)c(F)c1F)c1cccn(OCc2ccccc2F)c1=O. The van der Waals surface area contributed by atoms with Crippen LogP contribution in [0, 0.1) is 23.3 Å². The largest absolute Gasteiger partial charge is 0.406 e. The van der Waals surface area contributed by atoms with E-state index in [-0.39, 0.29) is 12.2 Å². The predicted octanol–water partition coefficient (Wildman–Crippen LogP) is 3.29. The van der Waals surface area contributed by atoms with Gasteiger partial charge in [0.15, 0.2) is 17.5 Å². The number of hydrogen-bond donors (Lipinski definition) is 1. The number of rotatable bonds is 5. The van der Waals surface area contributed by atoms with Crippen molar-refractivity contribution in [1.29, 1.82) is 0 Å². The van der Waals surface area contributed by atoms with Crippen LogP contribution in [0.5, 0.6) is 0 Å². The molecular weight excluding hydrogens is 380 g/mol. The van der Waals surface area contributed by atoms with Crippen LogP contribution in [-0.2, 0) is 6.61 Å². The normalized spacial score (nSPS) is 10.6. The molecule has 0 unspecified atom stereocenters. The van der Waals surface area contributed by atoms with E-state index >= 15 is 0 Å². The second-order valence-electron chi connectivity index (χ2n) is 5.59. The van der Waals surface area contributed by atoms with Crippen molar-refractivity contribution < 1.29 is 27.2 Å². The van der Waals surface area contributed by atoms with E-state index in [2.05, 4.69) is 0 Å². The van der Waals surface area contributed by atoms with E-state index in [0.29, 0.717) is 10.8 Å². The summed E-state index contributed by atoms with van der Waals surface area (Å²) in [6, 6.07) is 9.66. The van der Waals surface area contributed by atoms with Gasteiger partial charge < -0.3 is 10.2 Å². The molecule has 0 aliphatic rings. The fourth-order valence-corrected chi connectivity index (χ4v) is 2.32. The monoisotopic (exact) mass is 392 g/mol. The number of carbonyl (C=O) groups excluding carboxylic acids is 1. The van der Waals surface area contributed by atoms with Gasteiger partial charge in [-0.25, -0.2) is 17.6 Å². The first kappa shape index (κ1) is 19.2. The van der Waals surface area contributed by atoms with Crippen LogP contribution in [0.15, 0.2) is 59.5 Å². The molecule has 0 spiro atoms. The van der Waals surface area contributed by atoms with Gasteiger partial charge in [-0.1, -0.05) is 18.2 Å². The smallest absolute Gasteiger partial charge is 0.295 e. The zero-order chi connectivity index (χ0) is 20.3. The van der Waals surface area contributed by atoms with Crippen molar-refractivity contribution >= 4 is 11.6 Å². The lowest BCUT2D eigenvalue weighted by atomic mass is 10.2. The summed E-state index contributed by atoms with van der Waals surface area (Å²) in [5, 5.41) is 2.00. The van der Waals surface area contributed by atoms with Crippen molar-refractivity contribution in [2.45, 2.75) is 6.61 Å². The molecule has 0 atom stereocenters. The van der Waals surface area contributed by atoms with Gasteiger partial charge in [-0.15, -0.1) is 0 Å². The average Bonchev–Trinajstić information content (AvgIpc) is 2.68. The predicted molar refractivity (Wildman–Crippen MR) is 91.7 cm³/mol. The number of nitrogens with one attached hydrogen (secondary N) is 1. The number of benzene rings is 2. The molecule has 0 aliphatic carbocycles. The Morgan fingerprint density at radius 3 is 2.43 bits per heavy atom. The molecule has 3 aromatic rings. The molecule has 1 N–H and O–H groups in total. The van der Waals surface area contributed by atoms with E-state index in [1.54, 1.807) is 6.07 Å². The van der Waals surface area contributed by atoms with E-state index in [0.717, 1.165) is 12.1 Å². The Labute approximate surface area is 155 Å². The molecule has 1 heterocycles. The molecule has 5 nitrogen and oxygen atoms in total. The maximum absolute atomic E-state index is 13.7. The quantitative estimate of drug-likeness (QED) is 0.536. The summed E-state index contributed by atoms with van der Waals surface area (Å²) in [7, 11) is 0. The van der Waals surface area contributed by atoms with Gasteiger partial charge in [-0.3, -0.25) is 9.59 Å². The first-order chi connectivity index (χ1) is 13.4. The minimum Gasteiger partial charge on any atom is -0.406 e. The zero-order valence-electron chi connectivity index (χ0n) is 14.1. The summed E-state index contributed by atoms with van der Waals surface area (Å²) in [4.78, 5) is 29.8. The van der Waals surface area contributed by atoms with Crippen LogP contribution in [0.2, 0.25) is 0 Å². The van der Waals surface area contributed by atoms with Gasteiger partial charge in [0.05, 0.1) is 5.69 Å². The molecule has 0 radical (unpaired) electrons. The Kier molecular flexibility index (Phi) is 5.44. The van der Waals surface area contributed by atoms with E-state index in [4.69, 9.17) is 4.84 Å². The Morgan fingerprint density at radius 2 is 1.68 bits per heavy atom. The molecule has 0 saturated carbocycles. The third-order valence-electron chi connectivity index (χ3n) is 3.76. The maximum atomic E-state index is 13.7. The van der Waals surface area contributed by atoms with E-state index in [1.165, 1.54) is 30.5 Å². The number of amides is 1. The highest BCUT2D eigenvalue weighted by Crippen LogP contribution is 2.20. The third kappa shape index (κ3) is 3.88. The molecule has 144 valence electrons. The molecule has 3 rings (SSSR count). The average molecular weight is 392 g/mol. The highest BCUT2D eigenvalue weighted by molar-refractivity contribution is 6.04. The van der Waals surface area contributed by atoms with Crippen molar-refractivity contribution in [3.63, 3.8) is 0 Å². The van der Waals surface area contributed by atoms with Gasteiger partial charge in [0.2, 0.25) is 0 Å². The van der Waals surface area contributed by atoms with Gasteiger partial charge in [0.25, 0.3) is 11.5 Å². The number of hydrogen-bond acceptors (Lipinski definition) is 3. The minimum atomic E-state index is -1.75. The van der Waals surface area contributed by atoms with Crippen LogP contribution in [0.25, 0.3) is 0 Å². The summed E-state index contributed by atoms with van der Waals surface area (Å²) in [6.07, 6.45) is 1.21. The fourth-order valence-electron chi connectivity index (χ4n) is 2.32. The molecular formula is C19H12F4N2O3. The summed E-state index contributed by atoms with van der Waals surface area (Å²) >= 11 is 0. The van der Waals surface area contributed by atoms with Crippen molar-refractivity contribution in [3.05, 3.63) is 99.5 Å². The lowest BCUT2D eigenvalue weighted by molar-refractivity contribution is 0.0847. The first-order valence-corrected chi connectivity index (χ1v) is 7.91. The highest BCUT2D eigenvalue weighted by Gasteiger charge is 2.18. The van der Waals surface area contributed by atoms with E-state index in [1.807, 2.05) is 5.32 Å². The number of aromatic nitrogens is 1. The Morgan fingerprint density at radius 1 is 0.929 bits per heavy atom. The molecule has 0 bridgehead atoms. The highest BCUT2D eigenvalue weighted by atomic mass is 19.2. The summed E-state index contributed by atoms with van der Waals surface area (Å²) in [6.45, 7) is -0.282. The van der Waals surface area contributed by atoms with Crippen LogP contribution in [0.1, 0.15) is 15.9 Å². The topological polar surface area (TPSA) is 60.3 Å². The minimum absolute atomic E-state index is 0.188. The molecule has 0 fully saturated rings. The second kappa shape index (κ2) is 7.95. The second-order valence-corrected chi connectivity index (χ2v) is 5.59. The van der Waals surface area contributed by atoms with Crippen LogP contribution in [-0.4, -0.2) is 10.6 Å².